The van der Waals surface area contributed by atoms with E-state index in [1.807, 2.05) is 11.3 Å². The van der Waals surface area contributed by atoms with Crippen molar-refractivity contribution in [1.29, 1.82) is 0 Å². The van der Waals surface area contributed by atoms with Crippen LogP contribution in [-0.4, -0.2) is 0 Å². The molecule has 0 aliphatic rings. The fraction of sp³-hybridized carbons (Fsp3) is 0. The second kappa shape index (κ2) is 9.20. The summed E-state index contributed by atoms with van der Waals surface area (Å²) in [5, 5.41) is 5.15. The van der Waals surface area contributed by atoms with Gasteiger partial charge in [0.2, 0.25) is 0 Å². The standard InChI is InChI=1S/C36H24S/c1-3-11-25(12-4-1)27-19-20-29-24-30(22-21-28(29)23-27)35-33-17-9-10-18-34(33)36(37-35)32-16-8-7-15-31(32)26-13-5-2-6-14-26/h1-24H. The summed E-state index contributed by atoms with van der Waals surface area (Å²) in [6.45, 7) is 0. The van der Waals surface area contributed by atoms with Gasteiger partial charge in [-0.2, -0.15) is 0 Å². The molecule has 0 spiro atoms. The Morgan fingerprint density at radius 2 is 0.838 bits per heavy atom. The van der Waals surface area contributed by atoms with Crippen molar-refractivity contribution in [2.75, 3.05) is 0 Å². The van der Waals surface area contributed by atoms with Gasteiger partial charge in [0, 0.05) is 26.1 Å². The average molecular weight is 489 g/mol. The first-order chi connectivity index (χ1) is 18.3. The molecule has 7 aromatic rings. The summed E-state index contributed by atoms with van der Waals surface area (Å²) in [5.74, 6) is 0. The monoisotopic (exact) mass is 488 g/mol. The number of hydrogen-bond donors (Lipinski definition) is 0. The van der Waals surface area contributed by atoms with Gasteiger partial charge >= 0.3 is 0 Å². The van der Waals surface area contributed by atoms with Crippen LogP contribution < -0.4 is 0 Å². The Labute approximate surface area is 221 Å². The van der Waals surface area contributed by atoms with Gasteiger partial charge in [-0.05, 0) is 50.7 Å². The molecule has 0 nitrogen and oxygen atoms in total. The van der Waals surface area contributed by atoms with Gasteiger partial charge in [0.05, 0.1) is 0 Å². The molecule has 1 aromatic heterocycles. The number of benzene rings is 6. The number of thiophene rings is 1. The highest BCUT2D eigenvalue weighted by molar-refractivity contribution is 7.21. The van der Waals surface area contributed by atoms with E-state index in [4.69, 9.17) is 0 Å². The van der Waals surface area contributed by atoms with Crippen LogP contribution in [0.2, 0.25) is 0 Å². The zero-order valence-electron chi connectivity index (χ0n) is 20.3. The molecule has 1 heterocycles. The highest BCUT2D eigenvalue weighted by atomic mass is 32.1. The highest BCUT2D eigenvalue weighted by Crippen LogP contribution is 2.47. The van der Waals surface area contributed by atoms with Crippen molar-refractivity contribution < 1.29 is 0 Å². The van der Waals surface area contributed by atoms with E-state index >= 15 is 0 Å². The first-order valence-corrected chi connectivity index (χ1v) is 13.4. The summed E-state index contributed by atoms with van der Waals surface area (Å²) in [4.78, 5) is 2.65. The zero-order chi connectivity index (χ0) is 24.6. The minimum Gasteiger partial charge on any atom is -0.134 e. The van der Waals surface area contributed by atoms with Crippen LogP contribution in [0.1, 0.15) is 0 Å². The summed E-state index contributed by atoms with van der Waals surface area (Å²) in [5.41, 5.74) is 7.58. The van der Waals surface area contributed by atoms with Crippen LogP contribution in [0.4, 0.5) is 0 Å². The van der Waals surface area contributed by atoms with Crippen molar-refractivity contribution in [3.05, 3.63) is 146 Å². The Bertz CT molecular complexity index is 1860. The molecule has 0 saturated carbocycles. The van der Waals surface area contributed by atoms with E-state index in [0.717, 1.165) is 0 Å². The first-order valence-electron chi connectivity index (χ1n) is 12.6. The normalized spacial score (nSPS) is 11.2. The fourth-order valence-electron chi connectivity index (χ4n) is 5.25. The molecule has 1 heteroatoms. The Morgan fingerprint density at radius 3 is 1.54 bits per heavy atom. The summed E-state index contributed by atoms with van der Waals surface area (Å²) < 4.78 is 0. The molecule has 0 N–H and O–H groups in total. The van der Waals surface area contributed by atoms with Crippen molar-refractivity contribution >= 4 is 32.9 Å². The van der Waals surface area contributed by atoms with Crippen LogP contribution >= 0.6 is 11.3 Å². The lowest BCUT2D eigenvalue weighted by molar-refractivity contribution is 1.62. The van der Waals surface area contributed by atoms with E-state index < -0.39 is 0 Å². The largest absolute Gasteiger partial charge is 0.134 e. The summed E-state index contributed by atoms with van der Waals surface area (Å²) in [6.07, 6.45) is 0. The van der Waals surface area contributed by atoms with Crippen molar-refractivity contribution in [3.63, 3.8) is 0 Å². The van der Waals surface area contributed by atoms with E-state index in [2.05, 4.69) is 146 Å². The van der Waals surface area contributed by atoms with E-state index in [1.165, 1.54) is 64.7 Å². The molecular formula is C36H24S. The molecule has 0 unspecified atom stereocenters. The Kier molecular flexibility index (Phi) is 5.42. The summed E-state index contributed by atoms with van der Waals surface area (Å²) in [6, 6.07) is 52.6. The maximum Gasteiger partial charge on any atom is 0.0434 e. The van der Waals surface area contributed by atoms with Crippen LogP contribution in [-0.2, 0) is 0 Å². The summed E-state index contributed by atoms with van der Waals surface area (Å²) in [7, 11) is 0. The Hall–Kier alpha value is -4.46. The predicted molar refractivity (Wildman–Crippen MR) is 161 cm³/mol. The lowest BCUT2D eigenvalue weighted by atomic mass is 9.96. The van der Waals surface area contributed by atoms with E-state index in [0.29, 0.717) is 0 Å². The number of fused-ring (bicyclic) bond motifs is 2. The minimum absolute atomic E-state index is 1.25. The Morgan fingerprint density at radius 1 is 0.324 bits per heavy atom. The van der Waals surface area contributed by atoms with Crippen molar-refractivity contribution in [2.45, 2.75) is 0 Å². The molecule has 0 amide bonds. The maximum atomic E-state index is 2.34. The van der Waals surface area contributed by atoms with Crippen LogP contribution in [0.25, 0.3) is 64.7 Å². The lowest BCUT2D eigenvalue weighted by Gasteiger charge is -2.09. The molecule has 0 radical (unpaired) electrons. The molecule has 0 aliphatic heterocycles. The highest BCUT2D eigenvalue weighted by Gasteiger charge is 2.17. The van der Waals surface area contributed by atoms with Crippen molar-refractivity contribution in [2.24, 2.45) is 0 Å². The molecule has 0 saturated heterocycles. The molecule has 0 aliphatic carbocycles. The van der Waals surface area contributed by atoms with Gasteiger partial charge in [0.25, 0.3) is 0 Å². The maximum absolute atomic E-state index is 2.34. The molecule has 174 valence electrons. The lowest BCUT2D eigenvalue weighted by Crippen LogP contribution is -1.82. The van der Waals surface area contributed by atoms with Gasteiger partial charge in [-0.3, -0.25) is 0 Å². The molecule has 6 aromatic carbocycles. The molecule has 0 atom stereocenters. The molecule has 7 rings (SSSR count). The van der Waals surface area contributed by atoms with Gasteiger partial charge in [0.15, 0.2) is 0 Å². The van der Waals surface area contributed by atoms with Gasteiger partial charge in [0.1, 0.15) is 0 Å². The second-order valence-corrected chi connectivity index (χ2v) is 10.4. The van der Waals surface area contributed by atoms with Gasteiger partial charge < -0.3 is 0 Å². The van der Waals surface area contributed by atoms with Gasteiger partial charge in [-0.15, -0.1) is 11.3 Å². The van der Waals surface area contributed by atoms with Crippen LogP contribution in [0.3, 0.4) is 0 Å². The van der Waals surface area contributed by atoms with Gasteiger partial charge in [-0.1, -0.05) is 133 Å². The van der Waals surface area contributed by atoms with E-state index in [1.54, 1.807) is 0 Å². The van der Waals surface area contributed by atoms with Crippen molar-refractivity contribution in [3.8, 4) is 43.1 Å². The molecular weight excluding hydrogens is 464 g/mol. The second-order valence-electron chi connectivity index (χ2n) is 9.36. The third-order valence-electron chi connectivity index (χ3n) is 7.09. The van der Waals surface area contributed by atoms with Crippen LogP contribution in [0, 0.1) is 0 Å². The number of hydrogen-bond acceptors (Lipinski definition) is 1. The Balaban J connectivity index is 1.38. The van der Waals surface area contributed by atoms with Crippen molar-refractivity contribution in [1.82, 2.24) is 0 Å². The van der Waals surface area contributed by atoms with Crippen LogP contribution in [0.5, 0.6) is 0 Å². The SMILES string of the molecule is c1ccc(-c2ccc3cc(-c4sc(-c5ccccc5-c5ccccc5)c5ccccc45)ccc3c2)cc1. The molecule has 0 bridgehead atoms. The van der Waals surface area contributed by atoms with E-state index in [-0.39, 0.29) is 0 Å². The smallest absolute Gasteiger partial charge is 0.0434 e. The third kappa shape index (κ3) is 3.94. The quantitative estimate of drug-likeness (QED) is 0.231. The third-order valence-corrected chi connectivity index (χ3v) is 8.39. The average Bonchev–Trinajstić information content (AvgIpc) is 3.37. The minimum atomic E-state index is 1.25. The first kappa shape index (κ1) is 21.8. The molecule has 0 fully saturated rings. The molecule has 37 heavy (non-hydrogen) atoms. The van der Waals surface area contributed by atoms with E-state index in [9.17, 15) is 0 Å². The summed E-state index contributed by atoms with van der Waals surface area (Å²) >= 11 is 1.90. The van der Waals surface area contributed by atoms with Gasteiger partial charge in [-0.25, -0.2) is 0 Å². The fourth-order valence-corrected chi connectivity index (χ4v) is 6.57. The van der Waals surface area contributed by atoms with Crippen LogP contribution in [0.15, 0.2) is 146 Å². The topological polar surface area (TPSA) is 0 Å². The predicted octanol–water partition coefficient (Wildman–Crippen LogP) is 10.7. The zero-order valence-corrected chi connectivity index (χ0v) is 21.1. The number of rotatable bonds is 4.